The molecule has 0 bridgehead atoms. The Balaban J connectivity index is 4.29. The van der Waals surface area contributed by atoms with Crippen LogP contribution < -0.4 is 0 Å². The first-order chi connectivity index (χ1) is 34.6. The molecule has 9 nitrogen and oxygen atoms in total. The molecule has 0 spiro atoms. The first-order valence-corrected chi connectivity index (χ1v) is 28.4. The van der Waals surface area contributed by atoms with Crippen LogP contribution in [0.2, 0.25) is 0 Å². The lowest BCUT2D eigenvalue weighted by atomic mass is 10.0. The van der Waals surface area contributed by atoms with Crippen LogP contribution in [-0.4, -0.2) is 87.4 Å². The molecule has 0 aliphatic heterocycles. The molecule has 1 N–H and O–H groups in total. The van der Waals surface area contributed by atoms with Crippen molar-refractivity contribution >= 4 is 17.9 Å². The summed E-state index contributed by atoms with van der Waals surface area (Å²) in [5.74, 6) is -2.02. The van der Waals surface area contributed by atoms with Gasteiger partial charge in [0.2, 0.25) is 0 Å². The Kier molecular flexibility index (Phi) is 49.7. The van der Waals surface area contributed by atoms with Gasteiger partial charge in [0.1, 0.15) is 13.2 Å². The number of likely N-dealkylation sites (N-methyl/N-ethyl adjacent to an activating group) is 1. The molecule has 71 heavy (non-hydrogen) atoms. The number of unbranched alkanes of at least 4 members (excludes halogenated alkanes) is 20. The van der Waals surface area contributed by atoms with E-state index in [1.807, 2.05) is 21.1 Å². The Morgan fingerprint density at radius 2 is 0.761 bits per heavy atom. The average Bonchev–Trinajstić information content (AvgIpc) is 3.34. The predicted octanol–water partition coefficient (Wildman–Crippen LogP) is 16.6. The fourth-order valence-corrected chi connectivity index (χ4v) is 7.52. The maximum atomic E-state index is 12.9. The second-order valence-corrected chi connectivity index (χ2v) is 19.8. The topological polar surface area (TPSA) is 108 Å². The van der Waals surface area contributed by atoms with E-state index in [9.17, 15) is 19.5 Å². The molecule has 0 heterocycles. The Bertz CT molecular complexity index is 1480. The van der Waals surface area contributed by atoms with Gasteiger partial charge in [-0.2, -0.15) is 0 Å². The van der Waals surface area contributed by atoms with Crippen LogP contribution in [0.25, 0.3) is 0 Å². The van der Waals surface area contributed by atoms with Gasteiger partial charge in [0.05, 0.1) is 34.4 Å². The Morgan fingerprint density at radius 3 is 1.13 bits per heavy atom. The van der Waals surface area contributed by atoms with Crippen LogP contribution >= 0.6 is 0 Å². The van der Waals surface area contributed by atoms with Crippen molar-refractivity contribution in [3.8, 4) is 0 Å². The maximum Gasteiger partial charge on any atom is 0.361 e. The molecule has 0 aromatic rings. The number of carbonyl (C=O) groups excluding carboxylic acids is 2. The monoisotopic (exact) mass is 993 g/mol. The fraction of sp³-hybridized carbons (Fsp3) is 0.694. The molecule has 406 valence electrons. The Morgan fingerprint density at radius 1 is 0.423 bits per heavy atom. The van der Waals surface area contributed by atoms with Crippen molar-refractivity contribution in [2.45, 2.75) is 232 Å². The van der Waals surface area contributed by atoms with Crippen LogP contribution in [0.3, 0.4) is 0 Å². The molecule has 2 unspecified atom stereocenters. The zero-order chi connectivity index (χ0) is 52.0. The summed E-state index contributed by atoms with van der Waals surface area (Å²) >= 11 is 0. The van der Waals surface area contributed by atoms with E-state index >= 15 is 0 Å². The second-order valence-electron chi connectivity index (χ2n) is 19.8. The molecular weight excluding hydrogens is 887 g/mol. The van der Waals surface area contributed by atoms with Gasteiger partial charge in [-0.25, -0.2) is 4.79 Å². The summed E-state index contributed by atoms with van der Waals surface area (Å²) < 4.78 is 22.9. The minimum absolute atomic E-state index is 0.181. The van der Waals surface area contributed by atoms with Crippen molar-refractivity contribution in [2.75, 3.05) is 47.5 Å². The maximum absolute atomic E-state index is 12.9. The van der Waals surface area contributed by atoms with E-state index < -0.39 is 24.3 Å². The van der Waals surface area contributed by atoms with Gasteiger partial charge in [-0.15, -0.1) is 0 Å². The van der Waals surface area contributed by atoms with Crippen molar-refractivity contribution in [2.24, 2.45) is 0 Å². The summed E-state index contributed by atoms with van der Waals surface area (Å²) in [7, 11) is 5.96. The third kappa shape index (κ3) is 53.8. The highest BCUT2D eigenvalue weighted by Crippen LogP contribution is 2.15. The first-order valence-electron chi connectivity index (χ1n) is 28.4. The highest BCUT2D eigenvalue weighted by molar-refractivity contribution is 5.71. The number of carboxylic acid groups (broad SMARTS) is 1. The first kappa shape index (κ1) is 67.2. The van der Waals surface area contributed by atoms with Crippen molar-refractivity contribution in [1.29, 1.82) is 0 Å². The second kappa shape index (κ2) is 52.5. The minimum atomic E-state index is -1.52. The zero-order valence-electron chi connectivity index (χ0n) is 46.1. The number of carbonyl (C=O) groups is 3. The molecule has 0 radical (unpaired) electrons. The number of allylic oxidation sites excluding steroid dienone is 16. The molecule has 0 aromatic heterocycles. The standard InChI is InChI=1S/C62H105NO8/c1-6-8-10-12-14-16-18-20-22-24-26-28-30-32-34-36-38-40-42-44-46-48-50-52-59(64)69-56-58(57-70-62(61(66)67)68-55-54-63(3,4)5)71-60(65)53-51-49-47-45-43-41-39-37-35-33-31-29-27-25-23-21-19-17-15-13-11-9-7-2/h8-11,14-17,20-23,26-29,58,62H,6-7,12-13,18-19,24-25,30-57H2,1-5H3/p+1/b10-8-,11-9-,16-14-,17-15-,22-20-,23-21-,28-26-,29-27-. The van der Waals surface area contributed by atoms with E-state index in [0.29, 0.717) is 23.9 Å². The molecule has 9 heteroatoms. The Labute approximate surface area is 435 Å². The summed E-state index contributed by atoms with van der Waals surface area (Å²) in [4.78, 5) is 37.4. The number of hydrogen-bond acceptors (Lipinski definition) is 7. The lowest BCUT2D eigenvalue weighted by molar-refractivity contribution is -0.870. The fourth-order valence-electron chi connectivity index (χ4n) is 7.52. The molecule has 0 aromatic carbocycles. The molecule has 0 rings (SSSR count). The number of hydrogen-bond donors (Lipinski definition) is 1. The van der Waals surface area contributed by atoms with E-state index in [0.717, 1.165) is 103 Å². The van der Waals surface area contributed by atoms with Gasteiger partial charge in [0, 0.05) is 12.8 Å². The largest absolute Gasteiger partial charge is 0.477 e. The highest BCUT2D eigenvalue weighted by atomic mass is 16.7. The summed E-state index contributed by atoms with van der Waals surface area (Å²) in [5, 5.41) is 9.70. The van der Waals surface area contributed by atoms with Gasteiger partial charge < -0.3 is 28.5 Å². The molecule has 0 aliphatic carbocycles. The van der Waals surface area contributed by atoms with Crippen LogP contribution in [0, 0.1) is 0 Å². The molecule has 2 atom stereocenters. The van der Waals surface area contributed by atoms with Gasteiger partial charge in [-0.1, -0.05) is 214 Å². The van der Waals surface area contributed by atoms with Gasteiger partial charge in [0.15, 0.2) is 6.10 Å². The van der Waals surface area contributed by atoms with Gasteiger partial charge >= 0.3 is 17.9 Å². The Hall–Kier alpha value is -3.79. The van der Waals surface area contributed by atoms with Crippen LogP contribution in [0.4, 0.5) is 0 Å². The quantitative estimate of drug-likeness (QED) is 0.0211. The summed E-state index contributed by atoms with van der Waals surface area (Å²) in [6.07, 6.45) is 67.6. The lowest BCUT2D eigenvalue weighted by Gasteiger charge is -2.25. The number of nitrogens with zero attached hydrogens (tertiary/aromatic N) is 1. The average molecular weight is 994 g/mol. The summed E-state index contributed by atoms with van der Waals surface area (Å²) in [6.45, 7) is 4.64. The molecule has 0 saturated carbocycles. The van der Waals surface area contributed by atoms with E-state index in [1.54, 1.807) is 0 Å². The van der Waals surface area contributed by atoms with Crippen LogP contribution in [-0.2, 0) is 33.3 Å². The number of aliphatic carboxylic acids is 1. The molecule has 0 fully saturated rings. The van der Waals surface area contributed by atoms with Gasteiger partial charge in [-0.05, 0) is 89.9 Å². The number of rotatable bonds is 51. The van der Waals surface area contributed by atoms with Crippen LogP contribution in [0.5, 0.6) is 0 Å². The van der Waals surface area contributed by atoms with Crippen molar-refractivity contribution in [3.05, 3.63) is 97.2 Å². The van der Waals surface area contributed by atoms with E-state index in [-0.39, 0.29) is 32.2 Å². The molecule has 0 amide bonds. The van der Waals surface area contributed by atoms with Gasteiger partial charge in [0.25, 0.3) is 6.29 Å². The minimum Gasteiger partial charge on any atom is -0.477 e. The van der Waals surface area contributed by atoms with E-state index in [2.05, 4.69) is 111 Å². The third-order valence-electron chi connectivity index (χ3n) is 11.8. The smallest absolute Gasteiger partial charge is 0.361 e. The third-order valence-corrected chi connectivity index (χ3v) is 11.8. The normalized spacial score (nSPS) is 13.5. The lowest BCUT2D eigenvalue weighted by Crippen LogP contribution is -2.40. The molecule has 0 saturated heterocycles. The summed E-state index contributed by atoms with van der Waals surface area (Å²) in [6, 6.07) is 0. The molecule has 0 aliphatic rings. The van der Waals surface area contributed by atoms with Crippen molar-refractivity contribution < 1.29 is 42.9 Å². The van der Waals surface area contributed by atoms with Gasteiger partial charge in [-0.3, -0.25) is 9.59 Å². The summed E-state index contributed by atoms with van der Waals surface area (Å²) in [5.41, 5.74) is 0. The van der Waals surface area contributed by atoms with Crippen molar-refractivity contribution in [1.82, 2.24) is 0 Å². The van der Waals surface area contributed by atoms with Crippen molar-refractivity contribution in [3.63, 3.8) is 0 Å². The number of quaternary nitrogens is 1. The SMILES string of the molecule is CC/C=C\C/C=C\C/C=C\C/C=C\CCCCCCCCCCCCC(=O)OCC(COC(OCC[N+](C)(C)C)C(=O)O)OC(=O)CCCCCCCCCCCC/C=C\C/C=C\C/C=C\C/C=C\CC. The number of ether oxygens (including phenoxy) is 4. The van der Waals surface area contributed by atoms with E-state index in [1.165, 1.54) is 83.5 Å². The predicted molar refractivity (Wildman–Crippen MR) is 299 cm³/mol. The number of carboxylic acids is 1. The number of esters is 2. The van der Waals surface area contributed by atoms with Crippen LogP contribution in [0.15, 0.2) is 97.2 Å². The molecular formula is C62H106NO8+. The zero-order valence-corrected chi connectivity index (χ0v) is 46.1. The van der Waals surface area contributed by atoms with E-state index in [4.69, 9.17) is 18.9 Å². The van der Waals surface area contributed by atoms with Crippen LogP contribution in [0.1, 0.15) is 219 Å². The highest BCUT2D eigenvalue weighted by Gasteiger charge is 2.25.